The topological polar surface area (TPSA) is 144 Å². The maximum atomic E-state index is 13.6. The van der Waals surface area contributed by atoms with Gasteiger partial charge in [-0.2, -0.15) is 0 Å². The van der Waals surface area contributed by atoms with Gasteiger partial charge in [0.1, 0.15) is 17.4 Å². The fraction of sp³-hybridized carbons (Fsp3) is 0.323. The number of methoxy groups -OCH3 is 1. The molecule has 3 aromatic heterocycles. The van der Waals surface area contributed by atoms with Crippen LogP contribution in [0.5, 0.6) is 0 Å². The Morgan fingerprint density at radius 2 is 1.89 bits per heavy atom. The number of amides is 2. The number of ether oxygens (including phenoxy) is 1. The zero-order valence-electron chi connectivity index (χ0n) is 24.4. The first kappa shape index (κ1) is 28.7. The highest BCUT2D eigenvalue weighted by Gasteiger charge is 2.43. The molecule has 2 aliphatic rings. The van der Waals surface area contributed by atoms with Crippen LogP contribution in [0.15, 0.2) is 71.3 Å². The van der Waals surface area contributed by atoms with Crippen LogP contribution in [-0.4, -0.2) is 91.2 Å². The summed E-state index contributed by atoms with van der Waals surface area (Å²) in [5.74, 6) is -0.234. The smallest absolute Gasteiger partial charge is 0.272 e. The molecule has 3 atom stereocenters. The number of nitrogens with zero attached hydrogens (tertiary/aromatic N) is 8. The lowest BCUT2D eigenvalue weighted by Crippen LogP contribution is -2.50. The number of benzene rings is 2. The van der Waals surface area contributed by atoms with Crippen molar-refractivity contribution in [1.82, 2.24) is 40.0 Å². The van der Waals surface area contributed by atoms with E-state index >= 15 is 0 Å². The average molecular weight is 612 g/mol. The van der Waals surface area contributed by atoms with Crippen molar-refractivity contribution in [3.63, 3.8) is 0 Å². The predicted molar refractivity (Wildman–Crippen MR) is 159 cm³/mol. The van der Waals surface area contributed by atoms with Gasteiger partial charge >= 0.3 is 0 Å². The molecule has 1 unspecified atom stereocenters. The monoisotopic (exact) mass is 611 g/mol. The molecule has 1 aliphatic heterocycles. The number of rotatable bonds is 9. The van der Waals surface area contributed by atoms with Gasteiger partial charge in [-0.25, -0.2) is 9.37 Å². The van der Waals surface area contributed by atoms with Crippen molar-refractivity contribution in [3.05, 3.63) is 83.9 Å². The first-order valence-corrected chi connectivity index (χ1v) is 14.6. The van der Waals surface area contributed by atoms with Crippen molar-refractivity contribution in [2.45, 2.75) is 25.4 Å². The minimum absolute atomic E-state index is 0.190. The lowest BCUT2D eigenvalue weighted by Gasteiger charge is -2.38. The Labute approximate surface area is 257 Å². The molecule has 13 nitrogen and oxygen atoms in total. The summed E-state index contributed by atoms with van der Waals surface area (Å²) < 4.78 is 24.3. The van der Waals surface area contributed by atoms with Gasteiger partial charge in [-0.3, -0.25) is 19.5 Å². The molecule has 1 saturated carbocycles. The van der Waals surface area contributed by atoms with Crippen LogP contribution in [0.1, 0.15) is 34.3 Å². The Balaban J connectivity index is 1.04. The van der Waals surface area contributed by atoms with E-state index in [1.54, 1.807) is 48.5 Å². The van der Waals surface area contributed by atoms with Crippen LogP contribution in [0.3, 0.4) is 0 Å². The standard InChI is InChI=1S/C31H30FN9O4/c1-44-18-41-37-28(36-38-41)27(19-5-3-2-4-6-19)39-11-13-40(14-12-39)31(43)25-15-20(9-10-33-25)30-35-24-16-21(7-8-26(24)45-30)34-29(42)22-17-23(22)32/h2-10,15-16,22-23,27H,11-14,17-18H2,1H3,(H,34,42)/t22-,23+,27?/m1/s1. The van der Waals surface area contributed by atoms with Crippen molar-refractivity contribution >= 4 is 28.6 Å². The fourth-order valence-electron chi connectivity index (χ4n) is 5.52. The van der Waals surface area contributed by atoms with E-state index in [0.29, 0.717) is 60.2 Å². The largest absolute Gasteiger partial charge is 0.436 e. The zero-order chi connectivity index (χ0) is 30.9. The third kappa shape index (κ3) is 6.01. The molecule has 4 heterocycles. The summed E-state index contributed by atoms with van der Waals surface area (Å²) in [5, 5.41) is 15.7. The summed E-state index contributed by atoms with van der Waals surface area (Å²) >= 11 is 0. The Kier molecular flexibility index (Phi) is 7.73. The molecule has 1 saturated heterocycles. The van der Waals surface area contributed by atoms with Gasteiger partial charge in [0.25, 0.3) is 5.91 Å². The number of anilines is 1. The van der Waals surface area contributed by atoms with Gasteiger partial charge < -0.3 is 19.4 Å². The molecule has 45 heavy (non-hydrogen) atoms. The molecule has 0 spiro atoms. The number of pyridine rings is 1. The average Bonchev–Trinajstić information content (AvgIpc) is 3.41. The molecule has 2 fully saturated rings. The number of nitrogens with one attached hydrogen (secondary N) is 1. The van der Waals surface area contributed by atoms with Crippen molar-refractivity contribution in [2.24, 2.45) is 5.92 Å². The van der Waals surface area contributed by atoms with Crippen LogP contribution in [0.4, 0.5) is 10.1 Å². The molecule has 5 aromatic rings. The number of aromatic nitrogens is 6. The first-order chi connectivity index (χ1) is 22.0. The zero-order valence-corrected chi connectivity index (χ0v) is 24.4. The number of tetrazole rings is 1. The van der Waals surface area contributed by atoms with Gasteiger partial charge in [-0.1, -0.05) is 30.3 Å². The van der Waals surface area contributed by atoms with Crippen LogP contribution < -0.4 is 5.32 Å². The number of piperazine rings is 1. The highest BCUT2D eigenvalue weighted by atomic mass is 19.1. The summed E-state index contributed by atoms with van der Waals surface area (Å²) in [7, 11) is 1.57. The number of oxazole rings is 1. The van der Waals surface area contributed by atoms with Gasteiger partial charge in [0.05, 0.1) is 12.0 Å². The number of alkyl halides is 1. The van der Waals surface area contributed by atoms with E-state index < -0.39 is 12.1 Å². The second kappa shape index (κ2) is 12.1. The number of halogens is 1. The van der Waals surface area contributed by atoms with Crippen LogP contribution in [0.25, 0.3) is 22.6 Å². The summed E-state index contributed by atoms with van der Waals surface area (Å²) in [4.78, 5) is 40.0. The van der Waals surface area contributed by atoms with Crippen LogP contribution in [0.2, 0.25) is 0 Å². The third-order valence-corrected chi connectivity index (χ3v) is 7.97. The number of hydrogen-bond acceptors (Lipinski definition) is 10. The fourth-order valence-corrected chi connectivity index (χ4v) is 5.52. The molecular formula is C31H30FN9O4. The van der Waals surface area contributed by atoms with Gasteiger partial charge in [-0.15, -0.1) is 15.0 Å². The molecule has 14 heteroatoms. The van der Waals surface area contributed by atoms with E-state index in [9.17, 15) is 14.0 Å². The van der Waals surface area contributed by atoms with Crippen molar-refractivity contribution in [3.8, 4) is 11.5 Å². The Hall–Kier alpha value is -5.08. The molecule has 2 aromatic carbocycles. The lowest BCUT2D eigenvalue weighted by atomic mass is 10.0. The van der Waals surface area contributed by atoms with E-state index in [4.69, 9.17) is 9.15 Å². The second-order valence-corrected chi connectivity index (χ2v) is 11.1. The molecule has 1 aliphatic carbocycles. The van der Waals surface area contributed by atoms with Crippen molar-refractivity contribution in [2.75, 3.05) is 38.6 Å². The van der Waals surface area contributed by atoms with E-state index in [2.05, 4.69) is 35.6 Å². The molecule has 230 valence electrons. The summed E-state index contributed by atoms with van der Waals surface area (Å²) in [6.07, 6.45) is 0.743. The summed E-state index contributed by atoms with van der Waals surface area (Å²) in [6, 6.07) is 18.2. The predicted octanol–water partition coefficient (Wildman–Crippen LogP) is 3.32. The van der Waals surface area contributed by atoms with Gasteiger partial charge in [0, 0.05) is 50.7 Å². The lowest BCUT2D eigenvalue weighted by molar-refractivity contribution is -0.117. The van der Waals surface area contributed by atoms with E-state index in [1.165, 1.54) is 4.80 Å². The van der Waals surface area contributed by atoms with Gasteiger partial charge in [-0.05, 0) is 47.5 Å². The maximum absolute atomic E-state index is 13.6. The summed E-state index contributed by atoms with van der Waals surface area (Å²) in [5.41, 5.74) is 3.48. The number of fused-ring (bicyclic) bond motifs is 1. The number of carbonyl (C=O) groups excluding carboxylic acids is 2. The van der Waals surface area contributed by atoms with Gasteiger partial charge in [0.15, 0.2) is 18.1 Å². The van der Waals surface area contributed by atoms with Crippen LogP contribution >= 0.6 is 0 Å². The van der Waals surface area contributed by atoms with Crippen molar-refractivity contribution < 1.29 is 23.1 Å². The third-order valence-electron chi connectivity index (χ3n) is 7.97. The normalized spacial score (nSPS) is 19.0. The molecule has 2 amide bonds. The summed E-state index contributed by atoms with van der Waals surface area (Å²) in [6.45, 7) is 2.37. The number of hydrogen-bond donors (Lipinski definition) is 1. The minimum atomic E-state index is -1.07. The van der Waals surface area contributed by atoms with E-state index in [0.717, 1.165) is 5.56 Å². The minimum Gasteiger partial charge on any atom is -0.436 e. The highest BCUT2D eigenvalue weighted by molar-refractivity contribution is 5.96. The van der Waals surface area contributed by atoms with E-state index in [-0.39, 0.29) is 36.7 Å². The molecule has 1 N–H and O–H groups in total. The molecular weight excluding hydrogens is 581 g/mol. The Bertz CT molecular complexity index is 1840. The molecule has 0 radical (unpaired) electrons. The molecule has 7 rings (SSSR count). The SMILES string of the molecule is COCn1nnc(C(c2ccccc2)N2CCN(C(=O)c3cc(-c4nc5cc(NC(=O)[C@@H]6C[C@@H]6F)ccc5o4)ccn3)CC2)n1. The molecule has 0 bridgehead atoms. The van der Waals surface area contributed by atoms with Gasteiger partial charge in [0.2, 0.25) is 11.8 Å². The van der Waals surface area contributed by atoms with Crippen LogP contribution in [0, 0.1) is 5.92 Å². The maximum Gasteiger partial charge on any atom is 0.272 e. The highest BCUT2D eigenvalue weighted by Crippen LogP contribution is 2.35. The Morgan fingerprint density at radius 3 is 2.64 bits per heavy atom. The quantitative estimate of drug-likeness (QED) is 0.264. The Morgan fingerprint density at radius 1 is 1.09 bits per heavy atom. The van der Waals surface area contributed by atoms with Crippen molar-refractivity contribution in [1.29, 1.82) is 0 Å². The second-order valence-electron chi connectivity index (χ2n) is 11.1. The number of carbonyl (C=O) groups is 2. The first-order valence-electron chi connectivity index (χ1n) is 14.6. The van der Waals surface area contributed by atoms with Crippen LogP contribution in [-0.2, 0) is 16.3 Å². The van der Waals surface area contributed by atoms with E-state index in [1.807, 2.05) is 30.3 Å².